The number of carboxylic acid groups (broad SMARTS) is 1. The van der Waals surface area contributed by atoms with Crippen molar-refractivity contribution in [3.63, 3.8) is 0 Å². The standard InChI is InChI=1S/C23H20ClFN2O4/c1-13-6-5-8-15(21(13)24)22-19(31-2)11-10-17(26-22)23(30)27-18(12-20(28)29)14-7-3-4-9-16(14)25/h3-11,18H,12H2,1-2H3,(H,27,30)(H,28,29). The van der Waals surface area contributed by atoms with Crippen LogP contribution in [0.4, 0.5) is 4.39 Å². The summed E-state index contributed by atoms with van der Waals surface area (Å²) in [6.07, 6.45) is -0.487. The number of rotatable bonds is 7. The van der Waals surface area contributed by atoms with Gasteiger partial charge in [-0.2, -0.15) is 0 Å². The van der Waals surface area contributed by atoms with E-state index in [-0.39, 0.29) is 11.3 Å². The van der Waals surface area contributed by atoms with Crippen LogP contribution in [0.2, 0.25) is 5.02 Å². The van der Waals surface area contributed by atoms with Crippen LogP contribution in [0.5, 0.6) is 5.75 Å². The van der Waals surface area contributed by atoms with Gasteiger partial charge in [0.25, 0.3) is 5.91 Å². The second-order valence-corrected chi connectivity index (χ2v) is 7.21. The van der Waals surface area contributed by atoms with Crippen LogP contribution in [-0.2, 0) is 4.79 Å². The number of hydrogen-bond donors (Lipinski definition) is 2. The molecule has 1 aromatic heterocycles. The van der Waals surface area contributed by atoms with E-state index in [9.17, 15) is 19.1 Å². The van der Waals surface area contributed by atoms with E-state index in [1.54, 1.807) is 18.2 Å². The Kier molecular flexibility index (Phi) is 6.87. The lowest BCUT2D eigenvalue weighted by Crippen LogP contribution is -2.31. The van der Waals surface area contributed by atoms with E-state index in [1.807, 2.05) is 19.1 Å². The quantitative estimate of drug-likeness (QED) is 0.548. The average molecular weight is 443 g/mol. The summed E-state index contributed by atoms with van der Waals surface area (Å²) in [5.41, 5.74) is 1.88. The molecule has 0 aliphatic heterocycles. The highest BCUT2D eigenvalue weighted by molar-refractivity contribution is 6.34. The zero-order valence-corrected chi connectivity index (χ0v) is 17.6. The van der Waals surface area contributed by atoms with Crippen molar-refractivity contribution >= 4 is 23.5 Å². The molecule has 0 saturated heterocycles. The molecular formula is C23H20ClFN2O4. The van der Waals surface area contributed by atoms with Gasteiger partial charge in [0.1, 0.15) is 23.0 Å². The zero-order chi connectivity index (χ0) is 22.5. The van der Waals surface area contributed by atoms with Gasteiger partial charge in [-0.25, -0.2) is 9.37 Å². The lowest BCUT2D eigenvalue weighted by atomic mass is 10.0. The Hall–Kier alpha value is -3.45. The van der Waals surface area contributed by atoms with Crippen LogP contribution in [0.15, 0.2) is 54.6 Å². The third-order valence-corrected chi connectivity index (χ3v) is 5.22. The van der Waals surface area contributed by atoms with Crippen molar-refractivity contribution in [3.8, 4) is 17.0 Å². The van der Waals surface area contributed by atoms with Gasteiger partial charge in [-0.3, -0.25) is 9.59 Å². The molecule has 0 fully saturated rings. The fourth-order valence-electron chi connectivity index (χ4n) is 3.16. The van der Waals surface area contributed by atoms with Gasteiger partial charge < -0.3 is 15.2 Å². The Labute approximate surface area is 183 Å². The first kappa shape index (κ1) is 22.2. The molecular weight excluding hydrogens is 423 g/mol. The first-order valence-electron chi connectivity index (χ1n) is 9.39. The highest BCUT2D eigenvalue weighted by Crippen LogP contribution is 2.35. The van der Waals surface area contributed by atoms with Gasteiger partial charge in [0.2, 0.25) is 0 Å². The second kappa shape index (κ2) is 9.57. The van der Waals surface area contributed by atoms with Crippen molar-refractivity contribution < 1.29 is 23.8 Å². The molecule has 0 aliphatic carbocycles. The Morgan fingerprint density at radius 1 is 1.16 bits per heavy atom. The SMILES string of the molecule is COc1ccc(C(=O)NC(CC(=O)O)c2ccccc2F)nc1-c1cccc(C)c1Cl. The number of carboxylic acids is 1. The molecule has 1 heterocycles. The number of ether oxygens (including phenoxy) is 1. The molecule has 3 rings (SSSR count). The van der Waals surface area contributed by atoms with E-state index in [0.717, 1.165) is 5.56 Å². The number of halogens is 2. The van der Waals surface area contributed by atoms with E-state index in [1.165, 1.54) is 31.4 Å². The third-order valence-electron chi connectivity index (χ3n) is 4.72. The number of aromatic nitrogens is 1. The second-order valence-electron chi connectivity index (χ2n) is 6.83. The van der Waals surface area contributed by atoms with Crippen molar-refractivity contribution in [3.05, 3.63) is 82.3 Å². The maximum Gasteiger partial charge on any atom is 0.305 e. The summed E-state index contributed by atoms with van der Waals surface area (Å²) in [5, 5.41) is 12.3. The van der Waals surface area contributed by atoms with Gasteiger partial charge in [0.15, 0.2) is 0 Å². The zero-order valence-electron chi connectivity index (χ0n) is 16.9. The van der Waals surface area contributed by atoms with Gasteiger partial charge in [-0.15, -0.1) is 0 Å². The molecule has 1 amide bonds. The van der Waals surface area contributed by atoms with Gasteiger partial charge in [0.05, 0.1) is 24.6 Å². The molecule has 1 atom stereocenters. The fourth-order valence-corrected chi connectivity index (χ4v) is 3.38. The van der Waals surface area contributed by atoms with Gasteiger partial charge in [-0.1, -0.05) is 48.0 Å². The van der Waals surface area contributed by atoms with Gasteiger partial charge >= 0.3 is 5.97 Å². The number of pyridine rings is 1. The minimum Gasteiger partial charge on any atom is -0.494 e. The van der Waals surface area contributed by atoms with E-state index in [4.69, 9.17) is 16.3 Å². The van der Waals surface area contributed by atoms with Gasteiger partial charge in [-0.05, 0) is 30.7 Å². The number of carbonyl (C=O) groups excluding carboxylic acids is 1. The normalized spacial score (nSPS) is 11.6. The van der Waals surface area contributed by atoms with E-state index in [0.29, 0.717) is 22.0 Å². The van der Waals surface area contributed by atoms with Crippen molar-refractivity contribution in [1.29, 1.82) is 0 Å². The van der Waals surface area contributed by atoms with E-state index in [2.05, 4.69) is 10.3 Å². The molecule has 6 nitrogen and oxygen atoms in total. The molecule has 0 saturated carbocycles. The van der Waals surface area contributed by atoms with Crippen LogP contribution >= 0.6 is 11.6 Å². The predicted octanol–water partition coefficient (Wildman–Crippen LogP) is 4.80. The number of nitrogens with one attached hydrogen (secondary N) is 1. The van der Waals surface area contributed by atoms with Crippen molar-refractivity contribution in [1.82, 2.24) is 10.3 Å². The molecule has 0 spiro atoms. The molecule has 3 aromatic rings. The van der Waals surface area contributed by atoms with Crippen molar-refractivity contribution in [2.45, 2.75) is 19.4 Å². The molecule has 0 aliphatic rings. The summed E-state index contributed by atoms with van der Waals surface area (Å²) >= 11 is 6.42. The maximum absolute atomic E-state index is 14.2. The topological polar surface area (TPSA) is 88.5 Å². The first-order chi connectivity index (χ1) is 14.8. The summed E-state index contributed by atoms with van der Waals surface area (Å²) in [6, 6.07) is 13.1. The largest absolute Gasteiger partial charge is 0.494 e. The smallest absolute Gasteiger partial charge is 0.305 e. The highest BCUT2D eigenvalue weighted by atomic mass is 35.5. The number of nitrogens with zero attached hydrogens (tertiary/aromatic N) is 1. The molecule has 1 unspecified atom stereocenters. The Bertz CT molecular complexity index is 1140. The van der Waals surface area contributed by atoms with Crippen molar-refractivity contribution in [2.24, 2.45) is 0 Å². The Morgan fingerprint density at radius 3 is 2.58 bits per heavy atom. The molecule has 160 valence electrons. The minimum atomic E-state index is -1.18. The summed E-state index contributed by atoms with van der Waals surface area (Å²) in [4.78, 5) is 28.6. The Balaban J connectivity index is 1.98. The number of methoxy groups -OCH3 is 1. The fraction of sp³-hybridized carbons (Fsp3) is 0.174. The summed E-state index contributed by atoms with van der Waals surface area (Å²) in [6.45, 7) is 1.85. The summed E-state index contributed by atoms with van der Waals surface area (Å²) < 4.78 is 19.6. The minimum absolute atomic E-state index is 0.0140. The van der Waals surface area contributed by atoms with Crippen LogP contribution in [0.25, 0.3) is 11.3 Å². The summed E-state index contributed by atoms with van der Waals surface area (Å²) in [7, 11) is 1.48. The van der Waals surface area contributed by atoms with Crippen LogP contribution in [0.1, 0.15) is 34.1 Å². The molecule has 0 radical (unpaired) electrons. The first-order valence-corrected chi connectivity index (χ1v) is 9.77. The molecule has 31 heavy (non-hydrogen) atoms. The lowest BCUT2D eigenvalue weighted by molar-refractivity contribution is -0.137. The van der Waals surface area contributed by atoms with Crippen LogP contribution in [0.3, 0.4) is 0 Å². The summed E-state index contributed by atoms with van der Waals surface area (Å²) in [5.74, 6) is -2.02. The number of benzene rings is 2. The number of carbonyl (C=O) groups is 2. The highest BCUT2D eigenvalue weighted by Gasteiger charge is 2.23. The van der Waals surface area contributed by atoms with Crippen LogP contribution in [-0.4, -0.2) is 29.1 Å². The number of amides is 1. The number of hydrogen-bond acceptors (Lipinski definition) is 4. The van der Waals surface area contributed by atoms with E-state index < -0.39 is 30.2 Å². The van der Waals surface area contributed by atoms with Crippen LogP contribution < -0.4 is 10.1 Å². The number of aryl methyl sites for hydroxylation is 1. The Morgan fingerprint density at radius 2 is 1.90 bits per heavy atom. The number of aliphatic carboxylic acids is 1. The molecule has 2 aromatic carbocycles. The lowest BCUT2D eigenvalue weighted by Gasteiger charge is -2.18. The van der Waals surface area contributed by atoms with Crippen LogP contribution in [0, 0.1) is 12.7 Å². The molecule has 2 N–H and O–H groups in total. The predicted molar refractivity (Wildman–Crippen MR) is 115 cm³/mol. The average Bonchev–Trinajstić information content (AvgIpc) is 2.74. The maximum atomic E-state index is 14.2. The third kappa shape index (κ3) is 5.00. The molecule has 0 bridgehead atoms. The van der Waals surface area contributed by atoms with Gasteiger partial charge in [0, 0.05) is 11.1 Å². The van der Waals surface area contributed by atoms with Crippen molar-refractivity contribution in [2.75, 3.05) is 7.11 Å². The van der Waals surface area contributed by atoms with E-state index >= 15 is 0 Å². The molecule has 8 heteroatoms. The monoisotopic (exact) mass is 442 g/mol.